The van der Waals surface area contributed by atoms with Crippen molar-refractivity contribution >= 4 is 15.6 Å². The summed E-state index contributed by atoms with van der Waals surface area (Å²) < 4.78 is 48.8. The maximum absolute atomic E-state index is 13.2. The maximum atomic E-state index is 13.2. The summed E-state index contributed by atoms with van der Waals surface area (Å²) in [6, 6.07) is 2.23. The number of sulfone groups is 1. The molecule has 6 heteroatoms. The van der Waals surface area contributed by atoms with Gasteiger partial charge in [-0.15, -0.1) is 0 Å². The minimum Gasteiger partial charge on any atom is -0.300 e. The number of benzene rings is 1. The summed E-state index contributed by atoms with van der Waals surface area (Å²) in [5.41, 5.74) is 0. The Kier molecular flexibility index (Phi) is 3.74. The number of rotatable bonds is 4. The number of carbonyl (C=O) groups excluding carboxylic acids is 1. The molecule has 1 aromatic carbocycles. The Morgan fingerprint density at radius 3 is 2.44 bits per heavy atom. The quantitative estimate of drug-likeness (QED) is 0.762. The summed E-state index contributed by atoms with van der Waals surface area (Å²) in [6.07, 6.45) is -0.181. The van der Waals surface area contributed by atoms with E-state index < -0.39 is 32.1 Å². The molecule has 0 atom stereocenters. The van der Waals surface area contributed by atoms with E-state index in [4.69, 9.17) is 0 Å². The van der Waals surface area contributed by atoms with Gasteiger partial charge in [-0.05, 0) is 19.1 Å². The van der Waals surface area contributed by atoms with Crippen molar-refractivity contribution in [1.29, 1.82) is 0 Å². The third kappa shape index (κ3) is 3.10. The number of carbonyl (C=O) groups is 1. The maximum Gasteiger partial charge on any atom is 0.181 e. The van der Waals surface area contributed by atoms with Gasteiger partial charge < -0.3 is 0 Å². The predicted molar refractivity (Wildman–Crippen MR) is 53.7 cm³/mol. The molecule has 0 spiro atoms. The van der Waals surface area contributed by atoms with Crippen LogP contribution in [0.4, 0.5) is 8.78 Å². The van der Waals surface area contributed by atoms with E-state index in [1.54, 1.807) is 0 Å². The van der Waals surface area contributed by atoms with Crippen LogP contribution in [0.3, 0.4) is 0 Å². The van der Waals surface area contributed by atoms with Gasteiger partial charge >= 0.3 is 0 Å². The predicted octanol–water partition coefficient (Wildman–Crippen LogP) is 1.72. The molecule has 0 radical (unpaired) electrons. The van der Waals surface area contributed by atoms with Gasteiger partial charge in [-0.25, -0.2) is 17.2 Å². The van der Waals surface area contributed by atoms with Crippen LogP contribution in [0.25, 0.3) is 0 Å². The molecule has 0 aliphatic carbocycles. The van der Waals surface area contributed by atoms with Crippen LogP contribution in [0.15, 0.2) is 23.1 Å². The molecule has 0 heterocycles. The van der Waals surface area contributed by atoms with Crippen LogP contribution in [0.5, 0.6) is 0 Å². The molecule has 0 amide bonds. The van der Waals surface area contributed by atoms with Crippen molar-refractivity contribution in [1.82, 2.24) is 0 Å². The zero-order valence-corrected chi connectivity index (χ0v) is 9.35. The number of halogens is 2. The summed E-state index contributed by atoms with van der Waals surface area (Å²) in [7, 11) is -3.87. The molecule has 1 aromatic rings. The fraction of sp³-hybridized carbons (Fsp3) is 0.300. The van der Waals surface area contributed by atoms with Gasteiger partial charge in [0.05, 0.1) is 5.75 Å². The van der Waals surface area contributed by atoms with Gasteiger partial charge in [-0.2, -0.15) is 0 Å². The third-order valence-corrected chi connectivity index (χ3v) is 3.69. The van der Waals surface area contributed by atoms with E-state index in [1.165, 1.54) is 6.92 Å². The Balaban J connectivity index is 3.03. The monoisotopic (exact) mass is 248 g/mol. The van der Waals surface area contributed by atoms with Crippen LogP contribution in [-0.4, -0.2) is 20.0 Å². The zero-order chi connectivity index (χ0) is 12.3. The van der Waals surface area contributed by atoms with E-state index in [2.05, 4.69) is 0 Å². The fourth-order valence-corrected chi connectivity index (χ4v) is 2.52. The molecule has 0 aliphatic heterocycles. The van der Waals surface area contributed by atoms with Crippen LogP contribution in [0, 0.1) is 11.6 Å². The average Bonchev–Trinajstić information content (AvgIpc) is 2.14. The average molecular weight is 248 g/mol. The van der Waals surface area contributed by atoms with Crippen molar-refractivity contribution in [3.05, 3.63) is 29.8 Å². The lowest BCUT2D eigenvalue weighted by Gasteiger charge is -2.04. The molecule has 0 bridgehead atoms. The molecular formula is C10H10F2O3S. The first kappa shape index (κ1) is 12.8. The second-order valence-corrected chi connectivity index (χ2v) is 5.42. The molecule has 1 rings (SSSR count). The molecule has 0 unspecified atom stereocenters. The SMILES string of the molecule is CC(=O)CCS(=O)(=O)c1ccc(F)cc1F. The summed E-state index contributed by atoms with van der Waals surface area (Å²) in [4.78, 5) is 10.1. The summed E-state index contributed by atoms with van der Waals surface area (Å²) in [5.74, 6) is -2.75. The first-order chi connectivity index (χ1) is 7.33. The highest BCUT2D eigenvalue weighted by Crippen LogP contribution is 2.17. The molecule has 16 heavy (non-hydrogen) atoms. The number of Topliss-reactive ketones (excluding diaryl/α,β-unsaturated/α-hetero) is 1. The van der Waals surface area contributed by atoms with E-state index in [-0.39, 0.29) is 12.2 Å². The summed E-state index contributed by atoms with van der Waals surface area (Å²) in [6.45, 7) is 1.25. The lowest BCUT2D eigenvalue weighted by atomic mass is 10.3. The van der Waals surface area contributed by atoms with Gasteiger partial charge in [-0.3, -0.25) is 4.79 Å². The van der Waals surface area contributed by atoms with Crippen LogP contribution < -0.4 is 0 Å². The lowest BCUT2D eigenvalue weighted by molar-refractivity contribution is -0.116. The molecule has 0 aromatic heterocycles. The fourth-order valence-electron chi connectivity index (χ4n) is 1.12. The summed E-state index contributed by atoms with van der Waals surface area (Å²) in [5, 5.41) is 0. The second-order valence-electron chi connectivity index (χ2n) is 3.35. The van der Waals surface area contributed by atoms with Gasteiger partial charge in [0.1, 0.15) is 22.3 Å². The third-order valence-electron chi connectivity index (χ3n) is 1.95. The van der Waals surface area contributed by atoms with Crippen molar-refractivity contribution in [3.63, 3.8) is 0 Å². The number of ketones is 1. The Hall–Kier alpha value is -1.30. The van der Waals surface area contributed by atoms with Crippen molar-refractivity contribution in [2.45, 2.75) is 18.2 Å². The molecule has 0 fully saturated rings. The molecule has 0 saturated heterocycles. The standard InChI is InChI=1S/C10H10F2O3S/c1-7(13)4-5-16(14,15)10-3-2-8(11)6-9(10)12/h2-3,6H,4-5H2,1H3. The highest BCUT2D eigenvalue weighted by molar-refractivity contribution is 7.91. The van der Waals surface area contributed by atoms with Crippen molar-refractivity contribution < 1.29 is 22.0 Å². The van der Waals surface area contributed by atoms with Gasteiger partial charge in [0.2, 0.25) is 0 Å². The minimum absolute atomic E-state index is 0.181. The zero-order valence-electron chi connectivity index (χ0n) is 8.54. The number of hydrogen-bond donors (Lipinski definition) is 0. The van der Waals surface area contributed by atoms with Crippen LogP contribution in [0.1, 0.15) is 13.3 Å². The molecule has 0 N–H and O–H groups in total. The second kappa shape index (κ2) is 4.69. The van der Waals surface area contributed by atoms with Crippen LogP contribution in [0.2, 0.25) is 0 Å². The largest absolute Gasteiger partial charge is 0.300 e. The Morgan fingerprint density at radius 2 is 1.94 bits per heavy atom. The van der Waals surface area contributed by atoms with Gasteiger partial charge in [0.15, 0.2) is 9.84 Å². The Labute approximate surface area is 92.0 Å². The highest BCUT2D eigenvalue weighted by atomic mass is 32.2. The Morgan fingerprint density at radius 1 is 1.31 bits per heavy atom. The lowest BCUT2D eigenvalue weighted by Crippen LogP contribution is -2.11. The van der Waals surface area contributed by atoms with Gasteiger partial charge in [0.25, 0.3) is 0 Å². The summed E-state index contributed by atoms with van der Waals surface area (Å²) >= 11 is 0. The molecule has 88 valence electrons. The van der Waals surface area contributed by atoms with E-state index in [9.17, 15) is 22.0 Å². The van der Waals surface area contributed by atoms with E-state index in [0.29, 0.717) is 6.07 Å². The molecule has 0 aliphatic rings. The smallest absolute Gasteiger partial charge is 0.181 e. The van der Waals surface area contributed by atoms with Crippen molar-refractivity contribution in [2.24, 2.45) is 0 Å². The molecule has 3 nitrogen and oxygen atoms in total. The molecular weight excluding hydrogens is 238 g/mol. The van der Waals surface area contributed by atoms with E-state index >= 15 is 0 Å². The van der Waals surface area contributed by atoms with Crippen molar-refractivity contribution in [2.75, 3.05) is 5.75 Å². The van der Waals surface area contributed by atoms with Crippen LogP contribution >= 0.6 is 0 Å². The Bertz CT molecular complexity index is 509. The van der Waals surface area contributed by atoms with Gasteiger partial charge in [0, 0.05) is 12.5 Å². The van der Waals surface area contributed by atoms with Gasteiger partial charge in [-0.1, -0.05) is 0 Å². The van der Waals surface area contributed by atoms with E-state index in [0.717, 1.165) is 12.1 Å². The van der Waals surface area contributed by atoms with Crippen LogP contribution in [-0.2, 0) is 14.6 Å². The molecule has 0 saturated carbocycles. The highest BCUT2D eigenvalue weighted by Gasteiger charge is 2.19. The first-order valence-corrected chi connectivity index (χ1v) is 6.15. The van der Waals surface area contributed by atoms with Crippen molar-refractivity contribution in [3.8, 4) is 0 Å². The topological polar surface area (TPSA) is 51.2 Å². The normalized spacial score (nSPS) is 11.4. The minimum atomic E-state index is -3.87. The number of hydrogen-bond acceptors (Lipinski definition) is 3. The first-order valence-electron chi connectivity index (χ1n) is 4.50. The van der Waals surface area contributed by atoms with E-state index in [1.807, 2.05) is 0 Å².